The first-order valence-electron chi connectivity index (χ1n) is 6.74. The molecule has 0 radical (unpaired) electrons. The molecule has 0 aromatic heterocycles. The fourth-order valence-corrected chi connectivity index (χ4v) is 2.14. The summed E-state index contributed by atoms with van der Waals surface area (Å²) in [6.45, 7) is 5.84. The van der Waals surface area contributed by atoms with Crippen molar-refractivity contribution in [1.29, 1.82) is 0 Å². The van der Waals surface area contributed by atoms with Gasteiger partial charge in [-0.2, -0.15) is 8.78 Å². The van der Waals surface area contributed by atoms with Crippen molar-refractivity contribution in [3.63, 3.8) is 0 Å². The second-order valence-electron chi connectivity index (χ2n) is 5.09. The molecular formula is C15H23F2NO. The van der Waals surface area contributed by atoms with Crippen LogP contribution in [0.25, 0.3) is 0 Å². The Balaban J connectivity index is 2.64. The van der Waals surface area contributed by atoms with Gasteiger partial charge in [-0.15, -0.1) is 0 Å². The fourth-order valence-electron chi connectivity index (χ4n) is 2.14. The van der Waals surface area contributed by atoms with Crippen LogP contribution >= 0.6 is 0 Å². The van der Waals surface area contributed by atoms with E-state index in [0.717, 1.165) is 12.0 Å². The Labute approximate surface area is 114 Å². The fraction of sp³-hybridized carbons (Fsp3) is 0.600. The maximum atomic E-state index is 12.1. The molecule has 1 aromatic rings. The monoisotopic (exact) mass is 271 g/mol. The van der Waals surface area contributed by atoms with Gasteiger partial charge >= 0.3 is 6.61 Å². The summed E-state index contributed by atoms with van der Waals surface area (Å²) in [7, 11) is 0. The average Bonchev–Trinajstić information content (AvgIpc) is 2.35. The van der Waals surface area contributed by atoms with Gasteiger partial charge in [-0.3, -0.25) is 0 Å². The molecule has 0 amide bonds. The van der Waals surface area contributed by atoms with E-state index in [0.29, 0.717) is 12.0 Å². The van der Waals surface area contributed by atoms with Gasteiger partial charge in [0, 0.05) is 12.1 Å². The zero-order valence-corrected chi connectivity index (χ0v) is 12.0. The molecule has 0 fully saturated rings. The predicted molar refractivity (Wildman–Crippen MR) is 73.5 cm³/mol. The number of ether oxygens (including phenoxy) is 1. The molecule has 1 N–H and O–H groups in total. The minimum Gasteiger partial charge on any atom is -0.435 e. The Morgan fingerprint density at radius 3 is 2.11 bits per heavy atom. The second-order valence-corrected chi connectivity index (χ2v) is 5.09. The molecule has 0 heterocycles. The highest BCUT2D eigenvalue weighted by Crippen LogP contribution is 2.20. The van der Waals surface area contributed by atoms with Crippen molar-refractivity contribution in [1.82, 2.24) is 5.32 Å². The van der Waals surface area contributed by atoms with Gasteiger partial charge in [-0.1, -0.05) is 32.9 Å². The van der Waals surface area contributed by atoms with E-state index < -0.39 is 6.61 Å². The number of nitrogens with one attached hydrogen (secondary N) is 1. The minimum atomic E-state index is -2.77. The van der Waals surface area contributed by atoms with Crippen molar-refractivity contribution in [3.8, 4) is 5.75 Å². The third-order valence-electron chi connectivity index (χ3n) is 3.31. The largest absolute Gasteiger partial charge is 0.435 e. The number of hydrogen-bond acceptors (Lipinski definition) is 2. The lowest BCUT2D eigenvalue weighted by Gasteiger charge is -2.25. The van der Waals surface area contributed by atoms with E-state index in [-0.39, 0.29) is 11.8 Å². The highest BCUT2D eigenvalue weighted by atomic mass is 19.3. The molecule has 1 aromatic carbocycles. The van der Waals surface area contributed by atoms with Crippen molar-refractivity contribution in [2.45, 2.75) is 52.8 Å². The van der Waals surface area contributed by atoms with E-state index in [1.54, 1.807) is 12.1 Å². The molecule has 2 atom stereocenters. The standard InChI is InChI=1S/C15H23F2NO/c1-5-14(10(2)3)18-11(4)12-6-8-13(9-7-12)19-15(16)17/h6-11,14-15,18H,5H2,1-4H3. The number of rotatable bonds is 7. The van der Waals surface area contributed by atoms with Crippen LogP contribution in [0.2, 0.25) is 0 Å². The molecule has 1 rings (SSSR count). The Morgan fingerprint density at radius 1 is 1.11 bits per heavy atom. The Morgan fingerprint density at radius 2 is 1.68 bits per heavy atom. The first-order valence-corrected chi connectivity index (χ1v) is 6.74. The lowest BCUT2D eigenvalue weighted by atomic mass is 9.99. The van der Waals surface area contributed by atoms with Crippen LogP contribution in [0.5, 0.6) is 5.75 Å². The maximum Gasteiger partial charge on any atom is 0.387 e. The molecule has 0 saturated carbocycles. The van der Waals surface area contributed by atoms with E-state index in [9.17, 15) is 8.78 Å². The number of alkyl halides is 2. The molecule has 0 saturated heterocycles. The van der Waals surface area contributed by atoms with Crippen LogP contribution in [-0.2, 0) is 0 Å². The first-order chi connectivity index (χ1) is 8.93. The van der Waals surface area contributed by atoms with Crippen LogP contribution in [0.15, 0.2) is 24.3 Å². The van der Waals surface area contributed by atoms with Crippen LogP contribution < -0.4 is 10.1 Å². The van der Waals surface area contributed by atoms with E-state index in [1.165, 1.54) is 0 Å². The zero-order valence-electron chi connectivity index (χ0n) is 12.0. The molecule has 19 heavy (non-hydrogen) atoms. The Hall–Kier alpha value is -1.16. The highest BCUT2D eigenvalue weighted by Gasteiger charge is 2.15. The maximum absolute atomic E-state index is 12.1. The average molecular weight is 271 g/mol. The summed E-state index contributed by atoms with van der Waals surface area (Å²) in [5, 5.41) is 3.55. The molecule has 0 aliphatic rings. The van der Waals surface area contributed by atoms with Crippen LogP contribution in [0.4, 0.5) is 8.78 Å². The molecule has 0 aliphatic carbocycles. The quantitative estimate of drug-likeness (QED) is 0.795. The summed E-state index contributed by atoms with van der Waals surface area (Å²) in [6.07, 6.45) is 1.06. The van der Waals surface area contributed by atoms with Crippen LogP contribution in [0.1, 0.15) is 45.7 Å². The molecule has 0 spiro atoms. The third kappa shape index (κ3) is 5.15. The summed E-state index contributed by atoms with van der Waals surface area (Å²) in [5.41, 5.74) is 1.07. The van der Waals surface area contributed by atoms with Gasteiger partial charge in [0.25, 0.3) is 0 Å². The van der Waals surface area contributed by atoms with E-state index in [1.807, 2.05) is 12.1 Å². The Kier molecular flexibility index (Phi) is 6.22. The lowest BCUT2D eigenvalue weighted by molar-refractivity contribution is -0.0498. The zero-order chi connectivity index (χ0) is 14.4. The third-order valence-corrected chi connectivity index (χ3v) is 3.31. The van der Waals surface area contributed by atoms with Crippen LogP contribution in [0, 0.1) is 5.92 Å². The van der Waals surface area contributed by atoms with Crippen molar-refractivity contribution >= 4 is 0 Å². The second kappa shape index (κ2) is 7.43. The topological polar surface area (TPSA) is 21.3 Å². The van der Waals surface area contributed by atoms with Gasteiger partial charge in [-0.25, -0.2) is 0 Å². The number of benzene rings is 1. The highest BCUT2D eigenvalue weighted by molar-refractivity contribution is 5.29. The van der Waals surface area contributed by atoms with Gasteiger partial charge in [0.05, 0.1) is 0 Å². The molecule has 0 aliphatic heterocycles. The molecule has 2 unspecified atom stereocenters. The van der Waals surface area contributed by atoms with Crippen molar-refractivity contribution < 1.29 is 13.5 Å². The van der Waals surface area contributed by atoms with Gasteiger partial charge < -0.3 is 10.1 Å². The van der Waals surface area contributed by atoms with Gasteiger partial charge in [0.1, 0.15) is 5.75 Å². The predicted octanol–water partition coefficient (Wildman–Crippen LogP) is 4.37. The van der Waals surface area contributed by atoms with Crippen molar-refractivity contribution in [2.24, 2.45) is 5.92 Å². The smallest absolute Gasteiger partial charge is 0.387 e. The van der Waals surface area contributed by atoms with Crippen molar-refractivity contribution in [2.75, 3.05) is 0 Å². The molecule has 0 bridgehead atoms. The summed E-state index contributed by atoms with van der Waals surface area (Å²) in [5.74, 6) is 0.760. The van der Waals surface area contributed by atoms with Gasteiger partial charge in [0.2, 0.25) is 0 Å². The lowest BCUT2D eigenvalue weighted by Crippen LogP contribution is -2.35. The van der Waals surface area contributed by atoms with E-state index in [2.05, 4.69) is 37.7 Å². The van der Waals surface area contributed by atoms with E-state index >= 15 is 0 Å². The Bertz CT molecular complexity index is 365. The van der Waals surface area contributed by atoms with Crippen LogP contribution in [0.3, 0.4) is 0 Å². The first kappa shape index (κ1) is 15.9. The molecule has 4 heteroatoms. The SMILES string of the molecule is CCC(NC(C)c1ccc(OC(F)F)cc1)C(C)C. The van der Waals surface area contributed by atoms with E-state index in [4.69, 9.17) is 0 Å². The summed E-state index contributed by atoms with van der Waals surface area (Å²) < 4.78 is 28.4. The summed E-state index contributed by atoms with van der Waals surface area (Å²) >= 11 is 0. The molecule has 108 valence electrons. The van der Waals surface area contributed by atoms with Gasteiger partial charge in [0.15, 0.2) is 0 Å². The summed E-state index contributed by atoms with van der Waals surface area (Å²) in [6, 6.07) is 7.44. The summed E-state index contributed by atoms with van der Waals surface area (Å²) in [4.78, 5) is 0. The van der Waals surface area contributed by atoms with Gasteiger partial charge in [-0.05, 0) is 37.0 Å². The normalized spacial score (nSPS) is 14.7. The molecule has 2 nitrogen and oxygen atoms in total. The minimum absolute atomic E-state index is 0.188. The van der Waals surface area contributed by atoms with Crippen molar-refractivity contribution in [3.05, 3.63) is 29.8 Å². The van der Waals surface area contributed by atoms with Crippen LogP contribution in [-0.4, -0.2) is 12.7 Å². The molecular weight excluding hydrogens is 248 g/mol. The number of hydrogen-bond donors (Lipinski definition) is 1. The number of halogens is 2.